The Morgan fingerprint density at radius 1 is 1.09 bits per heavy atom. The number of amides is 1. The van der Waals surface area contributed by atoms with Crippen LogP contribution < -0.4 is 5.32 Å². The summed E-state index contributed by atoms with van der Waals surface area (Å²) in [7, 11) is -3.56. The first kappa shape index (κ1) is 27.9. The number of rotatable bonds is 8. The predicted octanol–water partition coefficient (Wildman–Crippen LogP) is 2.10. The van der Waals surface area contributed by atoms with Gasteiger partial charge in [0.2, 0.25) is 15.9 Å². The number of carboxylic acids is 1. The highest BCUT2D eigenvalue weighted by Gasteiger charge is 2.38. The zero-order valence-corrected chi connectivity index (χ0v) is 19.0. The van der Waals surface area contributed by atoms with E-state index >= 15 is 0 Å². The molecule has 0 spiro atoms. The lowest BCUT2D eigenvalue weighted by Gasteiger charge is -2.28. The lowest BCUT2D eigenvalue weighted by molar-refractivity contribution is -0.192. The van der Waals surface area contributed by atoms with E-state index in [2.05, 4.69) is 5.32 Å². The van der Waals surface area contributed by atoms with Gasteiger partial charge in [0.25, 0.3) is 0 Å². The molecule has 1 aliphatic rings. The van der Waals surface area contributed by atoms with Crippen LogP contribution in [0.2, 0.25) is 0 Å². The topological polar surface area (TPSA) is 107 Å². The van der Waals surface area contributed by atoms with Crippen LogP contribution in [-0.4, -0.2) is 80.1 Å². The molecule has 1 aliphatic heterocycles. The second kappa shape index (κ2) is 12.8. The smallest absolute Gasteiger partial charge is 0.475 e. The summed E-state index contributed by atoms with van der Waals surface area (Å²) in [5.41, 5.74) is 1.11. The van der Waals surface area contributed by atoms with E-state index in [-0.39, 0.29) is 18.9 Å². The molecular formula is C20H30F3N3O5S. The molecule has 0 bridgehead atoms. The average molecular weight is 482 g/mol. The third-order valence-corrected chi connectivity index (χ3v) is 6.64. The van der Waals surface area contributed by atoms with Crippen LogP contribution in [0.4, 0.5) is 13.2 Å². The van der Waals surface area contributed by atoms with E-state index in [0.717, 1.165) is 25.1 Å². The standard InChI is InChI=1S/C18H29N3O3S.C2HF3O2/c1-3-12-21(13-9-18(22)20-14-10-19-11-15-20)25(23,24)17-7-5-16(4-2)6-8-17;3-2(4,5)1(6)7/h5-8,19H,3-4,9-15H2,1-2H3;(H,6,7). The van der Waals surface area contributed by atoms with Crippen molar-refractivity contribution in [2.24, 2.45) is 0 Å². The number of halogens is 3. The lowest BCUT2D eigenvalue weighted by atomic mass is 10.2. The van der Waals surface area contributed by atoms with Gasteiger partial charge >= 0.3 is 12.1 Å². The van der Waals surface area contributed by atoms with E-state index in [1.54, 1.807) is 12.1 Å². The first-order valence-electron chi connectivity index (χ1n) is 10.3. The number of hydrogen-bond acceptors (Lipinski definition) is 5. The van der Waals surface area contributed by atoms with Crippen molar-refractivity contribution in [2.45, 2.75) is 44.2 Å². The number of nitrogens with zero attached hydrogens (tertiary/aromatic N) is 2. The number of hydrogen-bond donors (Lipinski definition) is 2. The summed E-state index contributed by atoms with van der Waals surface area (Å²) < 4.78 is 59.0. The Bertz CT molecular complexity index is 839. The van der Waals surface area contributed by atoms with E-state index < -0.39 is 22.2 Å². The highest BCUT2D eigenvalue weighted by Crippen LogP contribution is 2.18. The molecule has 1 aromatic rings. The zero-order valence-electron chi connectivity index (χ0n) is 18.2. The first-order valence-corrected chi connectivity index (χ1v) is 11.7. The van der Waals surface area contributed by atoms with Crippen LogP contribution >= 0.6 is 0 Å². The van der Waals surface area contributed by atoms with Crippen LogP contribution in [0.25, 0.3) is 0 Å². The summed E-state index contributed by atoms with van der Waals surface area (Å²) in [5, 5.41) is 10.3. The Hall–Kier alpha value is -2.18. The SMILES string of the molecule is CCCN(CCC(=O)N1CCNCC1)S(=O)(=O)c1ccc(CC)cc1.O=C(O)C(F)(F)F. The molecule has 0 unspecified atom stereocenters. The number of aryl methyl sites for hydroxylation is 1. The fourth-order valence-electron chi connectivity index (χ4n) is 2.94. The number of sulfonamides is 1. The van der Waals surface area contributed by atoms with E-state index in [1.807, 2.05) is 30.9 Å². The Kier molecular flexibility index (Phi) is 11.1. The number of alkyl halides is 3. The van der Waals surface area contributed by atoms with Crippen molar-refractivity contribution in [3.8, 4) is 0 Å². The van der Waals surface area contributed by atoms with E-state index in [1.165, 1.54) is 4.31 Å². The molecule has 0 aromatic heterocycles. The number of carbonyl (C=O) groups is 2. The van der Waals surface area contributed by atoms with Crippen LogP contribution in [-0.2, 0) is 26.0 Å². The van der Waals surface area contributed by atoms with E-state index in [9.17, 15) is 26.4 Å². The van der Waals surface area contributed by atoms with Gasteiger partial charge in [0.05, 0.1) is 4.90 Å². The second-order valence-corrected chi connectivity index (χ2v) is 9.02. The van der Waals surface area contributed by atoms with E-state index in [0.29, 0.717) is 31.0 Å². The van der Waals surface area contributed by atoms with Crippen molar-refractivity contribution < 1.29 is 36.3 Å². The summed E-state index contributed by atoms with van der Waals surface area (Å²) >= 11 is 0. The van der Waals surface area contributed by atoms with Gasteiger partial charge in [-0.2, -0.15) is 17.5 Å². The van der Waals surface area contributed by atoms with Crippen LogP contribution in [0, 0.1) is 0 Å². The number of carbonyl (C=O) groups excluding carboxylic acids is 1. The maximum atomic E-state index is 12.9. The molecule has 1 aromatic carbocycles. The Morgan fingerprint density at radius 2 is 1.62 bits per heavy atom. The van der Waals surface area contributed by atoms with Crippen molar-refractivity contribution in [1.29, 1.82) is 0 Å². The van der Waals surface area contributed by atoms with Gasteiger partial charge in [-0.1, -0.05) is 26.0 Å². The van der Waals surface area contributed by atoms with Gasteiger partial charge in [-0.3, -0.25) is 4.79 Å². The quantitative estimate of drug-likeness (QED) is 0.589. The maximum absolute atomic E-state index is 12.9. The molecule has 2 N–H and O–H groups in total. The number of aliphatic carboxylic acids is 1. The normalized spacial score (nSPS) is 14.6. The molecule has 1 saturated heterocycles. The molecule has 8 nitrogen and oxygen atoms in total. The number of piperazine rings is 1. The molecule has 1 amide bonds. The van der Waals surface area contributed by atoms with Gasteiger partial charge in [0.1, 0.15) is 0 Å². The average Bonchev–Trinajstić information content (AvgIpc) is 2.76. The molecular weight excluding hydrogens is 451 g/mol. The molecule has 1 fully saturated rings. The molecule has 12 heteroatoms. The predicted molar refractivity (Wildman–Crippen MR) is 113 cm³/mol. The maximum Gasteiger partial charge on any atom is 0.490 e. The van der Waals surface area contributed by atoms with Crippen molar-refractivity contribution in [3.05, 3.63) is 29.8 Å². The fraction of sp³-hybridized carbons (Fsp3) is 0.600. The summed E-state index contributed by atoms with van der Waals surface area (Å²) in [6.45, 7) is 7.62. The van der Waals surface area contributed by atoms with E-state index in [4.69, 9.17) is 9.90 Å². The van der Waals surface area contributed by atoms with Gasteiger partial charge in [0.15, 0.2) is 0 Å². The Balaban J connectivity index is 0.000000633. The van der Waals surface area contributed by atoms with Gasteiger partial charge in [0, 0.05) is 45.7 Å². The van der Waals surface area contributed by atoms with Crippen molar-refractivity contribution in [3.63, 3.8) is 0 Å². The molecule has 2 rings (SSSR count). The van der Waals surface area contributed by atoms with Gasteiger partial charge in [-0.25, -0.2) is 13.2 Å². The lowest BCUT2D eigenvalue weighted by Crippen LogP contribution is -2.47. The monoisotopic (exact) mass is 481 g/mol. The third kappa shape index (κ3) is 8.75. The van der Waals surface area contributed by atoms with Crippen LogP contribution in [0.5, 0.6) is 0 Å². The first-order chi connectivity index (χ1) is 14.9. The van der Waals surface area contributed by atoms with Crippen molar-refractivity contribution in [2.75, 3.05) is 39.3 Å². The molecule has 0 aliphatic carbocycles. The van der Waals surface area contributed by atoms with Crippen LogP contribution in [0.1, 0.15) is 32.3 Å². The van der Waals surface area contributed by atoms with Crippen molar-refractivity contribution in [1.82, 2.24) is 14.5 Å². The minimum atomic E-state index is -5.08. The number of carboxylic acid groups (broad SMARTS) is 1. The molecule has 0 saturated carbocycles. The Labute approximate surface area is 186 Å². The number of nitrogens with one attached hydrogen (secondary N) is 1. The highest BCUT2D eigenvalue weighted by atomic mass is 32.2. The van der Waals surface area contributed by atoms with Gasteiger partial charge in [-0.15, -0.1) is 0 Å². The van der Waals surface area contributed by atoms with Gasteiger partial charge in [-0.05, 0) is 30.5 Å². The van der Waals surface area contributed by atoms with Crippen molar-refractivity contribution >= 4 is 21.9 Å². The third-order valence-electron chi connectivity index (χ3n) is 4.73. The fourth-order valence-corrected chi connectivity index (χ4v) is 4.47. The summed E-state index contributed by atoms with van der Waals surface area (Å²) in [6, 6.07) is 7.02. The molecule has 0 atom stereocenters. The summed E-state index contributed by atoms with van der Waals surface area (Å²) in [5.74, 6) is -2.73. The molecule has 0 radical (unpaired) electrons. The summed E-state index contributed by atoms with van der Waals surface area (Å²) in [4.78, 5) is 23.3. The second-order valence-electron chi connectivity index (χ2n) is 7.09. The van der Waals surface area contributed by atoms with Gasteiger partial charge < -0.3 is 15.3 Å². The minimum absolute atomic E-state index is 0.0270. The Morgan fingerprint density at radius 3 is 2.06 bits per heavy atom. The van der Waals surface area contributed by atoms with Crippen LogP contribution in [0.3, 0.4) is 0 Å². The zero-order chi connectivity index (χ0) is 24.4. The summed E-state index contributed by atoms with van der Waals surface area (Å²) in [6.07, 6.45) is -3.27. The molecule has 1 heterocycles. The van der Waals surface area contributed by atoms with Crippen LogP contribution in [0.15, 0.2) is 29.2 Å². The largest absolute Gasteiger partial charge is 0.490 e. The molecule has 32 heavy (non-hydrogen) atoms. The molecule has 182 valence electrons. The number of benzene rings is 1. The highest BCUT2D eigenvalue weighted by molar-refractivity contribution is 7.89. The minimum Gasteiger partial charge on any atom is -0.475 e.